The number of anilines is 1. The molecule has 214 valence electrons. The lowest BCUT2D eigenvalue weighted by Crippen LogP contribution is -2.50. The van der Waals surface area contributed by atoms with Gasteiger partial charge in [0.05, 0.1) is 5.92 Å². The molecule has 1 aromatic rings. The third-order valence-electron chi connectivity index (χ3n) is 9.42. The van der Waals surface area contributed by atoms with Gasteiger partial charge in [-0.15, -0.1) is 0 Å². The second-order valence-corrected chi connectivity index (χ2v) is 13.3. The van der Waals surface area contributed by atoms with Crippen molar-refractivity contribution in [3.05, 3.63) is 29.8 Å². The molecule has 4 aliphatic rings. The Balaban J connectivity index is 1.03. The molecule has 8 nitrogen and oxygen atoms in total. The third kappa shape index (κ3) is 6.94. The predicted octanol–water partition coefficient (Wildman–Crippen LogP) is 4.54. The van der Waals surface area contributed by atoms with Gasteiger partial charge in [0.2, 0.25) is 11.8 Å². The number of carbonyl (C=O) groups is 3. The summed E-state index contributed by atoms with van der Waals surface area (Å²) < 4.78 is 5.58. The highest BCUT2D eigenvalue weighted by atomic mass is 16.6. The first-order chi connectivity index (χ1) is 18.6. The number of ether oxygens (including phenoxy) is 1. The molecule has 1 spiro atoms. The summed E-state index contributed by atoms with van der Waals surface area (Å²) in [5, 5.41) is 2.46. The number of carbonyl (C=O) groups excluding carboxylic acids is 3. The average molecular weight is 539 g/mol. The van der Waals surface area contributed by atoms with Gasteiger partial charge in [-0.2, -0.15) is 0 Å². The molecule has 4 fully saturated rings. The van der Waals surface area contributed by atoms with Crippen LogP contribution in [0.15, 0.2) is 24.3 Å². The number of rotatable bonds is 4. The van der Waals surface area contributed by atoms with Gasteiger partial charge in [-0.25, -0.2) is 4.79 Å². The number of hydrogen-bond acceptors (Lipinski definition) is 6. The van der Waals surface area contributed by atoms with Gasteiger partial charge < -0.3 is 19.4 Å². The summed E-state index contributed by atoms with van der Waals surface area (Å²) in [7, 11) is 0. The molecule has 0 aromatic heterocycles. The van der Waals surface area contributed by atoms with Crippen molar-refractivity contribution in [1.82, 2.24) is 15.1 Å². The molecule has 4 aliphatic heterocycles. The highest BCUT2D eigenvalue weighted by Gasteiger charge is 2.39. The smallest absolute Gasteiger partial charge is 0.410 e. The van der Waals surface area contributed by atoms with Gasteiger partial charge >= 0.3 is 6.09 Å². The van der Waals surface area contributed by atoms with Crippen molar-refractivity contribution in [2.75, 3.05) is 50.7 Å². The molecule has 0 radical (unpaired) electrons. The minimum atomic E-state index is -0.434. The number of amides is 3. The van der Waals surface area contributed by atoms with E-state index in [1.54, 1.807) is 0 Å². The second-order valence-electron chi connectivity index (χ2n) is 13.3. The number of nitrogens with zero attached hydrogens (tertiary/aromatic N) is 3. The zero-order chi connectivity index (χ0) is 27.6. The summed E-state index contributed by atoms with van der Waals surface area (Å²) in [6.45, 7) is 13.1. The molecule has 0 saturated carbocycles. The van der Waals surface area contributed by atoms with Crippen LogP contribution in [-0.4, -0.2) is 79.1 Å². The van der Waals surface area contributed by atoms with Crippen molar-refractivity contribution in [2.45, 2.75) is 83.7 Å². The first kappa shape index (κ1) is 27.9. The quantitative estimate of drug-likeness (QED) is 0.567. The van der Waals surface area contributed by atoms with Crippen molar-refractivity contribution in [3.63, 3.8) is 0 Å². The van der Waals surface area contributed by atoms with E-state index in [9.17, 15) is 14.4 Å². The summed E-state index contributed by atoms with van der Waals surface area (Å²) in [5.74, 6) is 0.186. The molecule has 1 N–H and O–H groups in total. The van der Waals surface area contributed by atoms with Crippen molar-refractivity contribution < 1.29 is 19.1 Å². The molecule has 4 heterocycles. The maximum absolute atomic E-state index is 12.4. The molecule has 5 rings (SSSR count). The maximum Gasteiger partial charge on any atom is 0.410 e. The highest BCUT2D eigenvalue weighted by Crippen LogP contribution is 2.42. The SMILES string of the molecule is CC(C)(C)OC(=O)N1CCC2(CCN(CC3CCN(c4ccc(C5CCC(=O)NC5=O)cc4)CC3)CC2)CC1. The van der Waals surface area contributed by atoms with Gasteiger partial charge in [0.1, 0.15) is 5.60 Å². The lowest BCUT2D eigenvalue weighted by molar-refractivity contribution is -0.134. The van der Waals surface area contributed by atoms with Gasteiger partial charge in [-0.05, 0) is 108 Å². The van der Waals surface area contributed by atoms with Crippen LogP contribution >= 0.6 is 0 Å². The Hall–Kier alpha value is -2.61. The van der Waals surface area contributed by atoms with E-state index < -0.39 is 5.60 Å². The molecule has 1 unspecified atom stereocenters. The maximum atomic E-state index is 12.4. The molecule has 1 atom stereocenters. The number of benzene rings is 1. The molecule has 0 aliphatic carbocycles. The van der Waals surface area contributed by atoms with Crippen molar-refractivity contribution >= 4 is 23.6 Å². The van der Waals surface area contributed by atoms with Crippen LogP contribution in [0.3, 0.4) is 0 Å². The van der Waals surface area contributed by atoms with Crippen molar-refractivity contribution in [3.8, 4) is 0 Å². The summed E-state index contributed by atoms with van der Waals surface area (Å²) >= 11 is 0. The first-order valence-electron chi connectivity index (χ1n) is 15.0. The van der Waals surface area contributed by atoms with E-state index in [0.717, 1.165) is 50.5 Å². The average Bonchev–Trinajstić information content (AvgIpc) is 2.90. The van der Waals surface area contributed by atoms with Crippen LogP contribution in [0.4, 0.5) is 10.5 Å². The van der Waals surface area contributed by atoms with Crippen LogP contribution in [0.1, 0.15) is 83.6 Å². The van der Waals surface area contributed by atoms with Gasteiger partial charge in [-0.1, -0.05) is 12.1 Å². The molecule has 0 bridgehead atoms. The number of imide groups is 1. The first-order valence-corrected chi connectivity index (χ1v) is 15.0. The lowest BCUT2D eigenvalue weighted by atomic mass is 9.71. The number of hydrogen-bond donors (Lipinski definition) is 1. The van der Waals surface area contributed by atoms with E-state index >= 15 is 0 Å². The molecule has 3 amide bonds. The largest absolute Gasteiger partial charge is 0.444 e. The molecule has 4 saturated heterocycles. The molecule has 39 heavy (non-hydrogen) atoms. The monoisotopic (exact) mass is 538 g/mol. The van der Waals surface area contributed by atoms with Gasteiger partial charge in [-0.3, -0.25) is 14.9 Å². The van der Waals surface area contributed by atoms with E-state index in [0.29, 0.717) is 18.3 Å². The molecular formula is C31H46N4O4. The van der Waals surface area contributed by atoms with Gasteiger partial charge in [0, 0.05) is 44.8 Å². The topological polar surface area (TPSA) is 82.2 Å². The predicted molar refractivity (Wildman–Crippen MR) is 152 cm³/mol. The number of piperidine rings is 4. The Bertz CT molecular complexity index is 1020. The zero-order valence-corrected chi connectivity index (χ0v) is 24.0. The minimum Gasteiger partial charge on any atom is -0.444 e. The Labute approximate surface area is 233 Å². The summed E-state index contributed by atoms with van der Waals surface area (Å²) in [4.78, 5) is 43.1. The number of likely N-dealkylation sites (tertiary alicyclic amines) is 2. The van der Waals surface area contributed by atoms with Crippen LogP contribution in [-0.2, 0) is 14.3 Å². The second kappa shape index (κ2) is 11.5. The third-order valence-corrected chi connectivity index (χ3v) is 9.42. The fourth-order valence-corrected chi connectivity index (χ4v) is 6.87. The Kier molecular flexibility index (Phi) is 8.22. The van der Waals surface area contributed by atoms with Crippen LogP contribution in [0.5, 0.6) is 0 Å². The molecule has 8 heteroatoms. The van der Waals surface area contributed by atoms with Crippen molar-refractivity contribution in [2.24, 2.45) is 11.3 Å². The van der Waals surface area contributed by atoms with Crippen molar-refractivity contribution in [1.29, 1.82) is 0 Å². The highest BCUT2D eigenvalue weighted by molar-refractivity contribution is 6.00. The summed E-state index contributed by atoms with van der Waals surface area (Å²) in [5.41, 5.74) is 2.19. The fraction of sp³-hybridized carbons (Fsp3) is 0.710. The summed E-state index contributed by atoms with van der Waals surface area (Å²) in [6, 6.07) is 8.39. The van der Waals surface area contributed by atoms with Crippen LogP contribution in [0.2, 0.25) is 0 Å². The van der Waals surface area contributed by atoms with Crippen LogP contribution in [0, 0.1) is 11.3 Å². The minimum absolute atomic E-state index is 0.161. The Morgan fingerprint density at radius 3 is 2.13 bits per heavy atom. The van der Waals surface area contributed by atoms with E-state index in [2.05, 4.69) is 39.4 Å². The van der Waals surface area contributed by atoms with E-state index in [1.807, 2.05) is 25.7 Å². The Morgan fingerprint density at radius 1 is 0.923 bits per heavy atom. The zero-order valence-electron chi connectivity index (χ0n) is 24.0. The molecular weight excluding hydrogens is 492 g/mol. The lowest BCUT2D eigenvalue weighted by Gasteiger charge is -2.47. The Morgan fingerprint density at radius 2 is 1.54 bits per heavy atom. The summed E-state index contributed by atoms with van der Waals surface area (Å²) in [6.07, 6.45) is 7.95. The van der Waals surface area contributed by atoms with Crippen LogP contribution < -0.4 is 10.2 Å². The fourth-order valence-electron chi connectivity index (χ4n) is 6.87. The number of nitrogens with one attached hydrogen (secondary N) is 1. The van der Waals surface area contributed by atoms with Crippen LogP contribution in [0.25, 0.3) is 0 Å². The van der Waals surface area contributed by atoms with E-state index in [4.69, 9.17) is 4.74 Å². The molecule has 1 aromatic carbocycles. The van der Waals surface area contributed by atoms with E-state index in [-0.39, 0.29) is 23.8 Å². The van der Waals surface area contributed by atoms with E-state index in [1.165, 1.54) is 51.0 Å². The normalized spacial score (nSPS) is 25.1. The van der Waals surface area contributed by atoms with Gasteiger partial charge in [0.15, 0.2) is 0 Å². The standard InChI is InChI=1S/C31H46N4O4/c1-30(2,3)39-29(38)35-20-14-31(15-21-35)12-18-33(19-13-31)22-23-10-16-34(17-11-23)25-6-4-24(5-7-25)26-8-9-27(36)32-28(26)37/h4-7,23,26H,8-22H2,1-3H3,(H,32,36,37). The van der Waals surface area contributed by atoms with Gasteiger partial charge in [0.25, 0.3) is 0 Å².